The van der Waals surface area contributed by atoms with Crippen molar-refractivity contribution in [3.63, 3.8) is 0 Å². The van der Waals surface area contributed by atoms with Crippen LogP contribution >= 0.6 is 7.26 Å². The zero-order chi connectivity index (χ0) is 27.1. The summed E-state index contributed by atoms with van der Waals surface area (Å²) in [6.45, 7) is 3.83. The molecular weight excluding hydrogens is 495 g/mol. The molecule has 0 heterocycles. The van der Waals surface area contributed by atoms with Crippen molar-refractivity contribution in [3.8, 4) is 22.6 Å². The SMILES string of the molecule is C=CCc1ccc(O)c(-c2ccc(O)c(CCC[PH](c3ccccc3)(c3ccccc3)c3ccccc3)c2)c1. The van der Waals surface area contributed by atoms with Gasteiger partial charge in [0, 0.05) is 0 Å². The van der Waals surface area contributed by atoms with E-state index in [1.165, 1.54) is 15.9 Å². The molecule has 0 amide bonds. The first-order valence-corrected chi connectivity index (χ1v) is 15.7. The van der Waals surface area contributed by atoms with Crippen LogP contribution in [0.15, 0.2) is 140 Å². The molecule has 0 saturated carbocycles. The van der Waals surface area contributed by atoms with E-state index < -0.39 is 7.26 Å². The Balaban J connectivity index is 1.50. The molecule has 5 aromatic carbocycles. The summed E-state index contributed by atoms with van der Waals surface area (Å²) in [5.41, 5.74) is 3.68. The number of hydrogen-bond acceptors (Lipinski definition) is 2. The normalized spacial score (nSPS) is 11.7. The molecule has 0 spiro atoms. The van der Waals surface area contributed by atoms with Gasteiger partial charge in [0.1, 0.15) is 0 Å². The average molecular weight is 531 g/mol. The zero-order valence-corrected chi connectivity index (χ0v) is 23.1. The molecule has 0 fully saturated rings. The van der Waals surface area contributed by atoms with Crippen LogP contribution in [0, 0.1) is 0 Å². The molecule has 0 aliphatic rings. The number of benzene rings is 5. The molecule has 39 heavy (non-hydrogen) atoms. The molecule has 0 aliphatic heterocycles. The second kappa shape index (κ2) is 12.2. The van der Waals surface area contributed by atoms with Crippen molar-refractivity contribution in [2.45, 2.75) is 19.3 Å². The third-order valence-corrected chi connectivity index (χ3v) is 12.7. The van der Waals surface area contributed by atoms with E-state index in [1.807, 2.05) is 30.3 Å². The molecule has 196 valence electrons. The Morgan fingerprint density at radius 1 is 0.615 bits per heavy atom. The third kappa shape index (κ3) is 5.67. The van der Waals surface area contributed by atoms with Gasteiger partial charge in [0.25, 0.3) is 0 Å². The summed E-state index contributed by atoms with van der Waals surface area (Å²) in [7, 11) is -2.33. The Hall–Kier alpha value is -4.13. The van der Waals surface area contributed by atoms with Crippen molar-refractivity contribution in [2.24, 2.45) is 0 Å². The number of phenols is 2. The van der Waals surface area contributed by atoms with Gasteiger partial charge in [-0.2, -0.15) is 0 Å². The van der Waals surface area contributed by atoms with E-state index in [0.29, 0.717) is 5.75 Å². The van der Waals surface area contributed by atoms with Crippen molar-refractivity contribution < 1.29 is 10.2 Å². The van der Waals surface area contributed by atoms with E-state index in [4.69, 9.17) is 0 Å². The molecule has 0 aromatic heterocycles. The summed E-state index contributed by atoms with van der Waals surface area (Å²) in [4.78, 5) is 0. The number of aryl methyl sites for hydroxylation is 1. The molecule has 5 aromatic rings. The number of hydrogen-bond donors (Lipinski definition) is 2. The molecule has 2 N–H and O–H groups in total. The van der Waals surface area contributed by atoms with Gasteiger partial charge in [-0.05, 0) is 0 Å². The summed E-state index contributed by atoms with van der Waals surface area (Å²) in [5, 5.41) is 25.6. The summed E-state index contributed by atoms with van der Waals surface area (Å²) in [6.07, 6.45) is 5.28. The predicted molar refractivity (Wildman–Crippen MR) is 169 cm³/mol. The molecule has 0 saturated heterocycles. The summed E-state index contributed by atoms with van der Waals surface area (Å²) < 4.78 is 0. The fourth-order valence-corrected chi connectivity index (χ4v) is 10.6. The van der Waals surface area contributed by atoms with Gasteiger partial charge >= 0.3 is 233 Å². The monoisotopic (exact) mass is 530 g/mol. The molecule has 2 nitrogen and oxygen atoms in total. The van der Waals surface area contributed by atoms with Gasteiger partial charge in [-0.3, -0.25) is 0 Å². The van der Waals surface area contributed by atoms with Crippen LogP contribution in [0.5, 0.6) is 11.5 Å². The van der Waals surface area contributed by atoms with Crippen molar-refractivity contribution in [1.29, 1.82) is 0 Å². The van der Waals surface area contributed by atoms with E-state index in [0.717, 1.165) is 47.7 Å². The second-order valence-electron chi connectivity index (χ2n) is 10.0. The van der Waals surface area contributed by atoms with Crippen LogP contribution in [0.2, 0.25) is 0 Å². The summed E-state index contributed by atoms with van der Waals surface area (Å²) >= 11 is 0. The second-order valence-corrected chi connectivity index (χ2v) is 14.1. The maximum absolute atomic E-state index is 10.8. The standard InChI is InChI=1S/C36H35O2P/c1-2-13-28-21-23-36(38)34(26-28)29-22-24-35(37)30(27-29)14-12-25-39(31-15-6-3-7-16-31,32-17-8-4-9-18-32)33-19-10-5-11-20-33/h2-11,15-24,26-27,37-39H,1,12-14,25H2. The Labute approximate surface area is 232 Å². The zero-order valence-electron chi connectivity index (χ0n) is 22.1. The molecule has 0 atom stereocenters. The number of phenolic OH excluding ortho intramolecular Hbond substituents is 2. The van der Waals surface area contributed by atoms with E-state index in [-0.39, 0.29) is 5.75 Å². The minimum absolute atomic E-state index is 0.239. The van der Waals surface area contributed by atoms with Gasteiger partial charge in [0.15, 0.2) is 0 Å². The van der Waals surface area contributed by atoms with Gasteiger partial charge in [0.2, 0.25) is 0 Å². The van der Waals surface area contributed by atoms with Crippen LogP contribution in [0.4, 0.5) is 0 Å². The number of rotatable bonds is 10. The quantitative estimate of drug-likeness (QED) is 0.149. The Bertz CT molecular complexity index is 1430. The molecule has 0 radical (unpaired) electrons. The van der Waals surface area contributed by atoms with Crippen LogP contribution in [-0.2, 0) is 12.8 Å². The number of aromatic hydroxyl groups is 2. The van der Waals surface area contributed by atoms with Crippen molar-refractivity contribution >= 4 is 23.2 Å². The van der Waals surface area contributed by atoms with E-state index in [2.05, 4.69) is 97.6 Å². The Morgan fingerprint density at radius 3 is 1.69 bits per heavy atom. The molecular formula is C36H35O2P. The fourth-order valence-electron chi connectivity index (χ4n) is 5.71. The van der Waals surface area contributed by atoms with E-state index in [9.17, 15) is 10.2 Å². The van der Waals surface area contributed by atoms with Crippen LogP contribution in [0.25, 0.3) is 11.1 Å². The van der Waals surface area contributed by atoms with Gasteiger partial charge in [-0.15, -0.1) is 0 Å². The molecule has 0 unspecified atom stereocenters. The average Bonchev–Trinajstić information content (AvgIpc) is 2.99. The Morgan fingerprint density at radius 2 is 1.15 bits per heavy atom. The van der Waals surface area contributed by atoms with Gasteiger partial charge in [-0.1, -0.05) is 0 Å². The van der Waals surface area contributed by atoms with Crippen LogP contribution in [0.3, 0.4) is 0 Å². The summed E-state index contributed by atoms with van der Waals surface area (Å²) in [5.74, 6) is 0.537. The first-order chi connectivity index (χ1) is 19.1. The predicted octanol–water partition coefficient (Wildman–Crippen LogP) is 7.15. The number of allylic oxidation sites excluding steroid dienone is 1. The van der Waals surface area contributed by atoms with Crippen molar-refractivity contribution in [2.75, 3.05) is 6.16 Å². The van der Waals surface area contributed by atoms with Crippen molar-refractivity contribution in [3.05, 3.63) is 151 Å². The van der Waals surface area contributed by atoms with Crippen LogP contribution in [0.1, 0.15) is 17.5 Å². The molecule has 5 rings (SSSR count). The molecule has 0 aliphatic carbocycles. The molecule has 0 bridgehead atoms. The topological polar surface area (TPSA) is 40.5 Å². The van der Waals surface area contributed by atoms with E-state index >= 15 is 0 Å². The van der Waals surface area contributed by atoms with Crippen LogP contribution in [-0.4, -0.2) is 16.4 Å². The van der Waals surface area contributed by atoms with Gasteiger partial charge in [-0.25, -0.2) is 0 Å². The van der Waals surface area contributed by atoms with Crippen LogP contribution < -0.4 is 15.9 Å². The van der Waals surface area contributed by atoms with Gasteiger partial charge in [0.05, 0.1) is 0 Å². The first-order valence-electron chi connectivity index (χ1n) is 13.5. The third-order valence-electron chi connectivity index (χ3n) is 7.63. The summed E-state index contributed by atoms with van der Waals surface area (Å²) in [6, 6.07) is 44.1. The first kappa shape index (κ1) is 26.5. The fraction of sp³-hybridized carbons (Fsp3) is 0.111. The Kier molecular flexibility index (Phi) is 8.25. The van der Waals surface area contributed by atoms with E-state index in [1.54, 1.807) is 12.1 Å². The van der Waals surface area contributed by atoms with Gasteiger partial charge < -0.3 is 0 Å². The molecule has 3 heteroatoms. The maximum atomic E-state index is 10.8. The van der Waals surface area contributed by atoms with Crippen molar-refractivity contribution in [1.82, 2.24) is 0 Å². The minimum atomic E-state index is -2.33.